The van der Waals surface area contributed by atoms with E-state index in [1.807, 2.05) is 6.92 Å². The smallest absolute Gasteiger partial charge is 0.0620 e. The van der Waals surface area contributed by atoms with Crippen LogP contribution in [0, 0.1) is 5.41 Å². The molecule has 0 unspecified atom stereocenters. The van der Waals surface area contributed by atoms with E-state index in [2.05, 4.69) is 13.8 Å². The van der Waals surface area contributed by atoms with Crippen LogP contribution in [0.25, 0.3) is 0 Å². The number of aliphatic hydroxyl groups is 1. The lowest BCUT2D eigenvalue weighted by molar-refractivity contribution is -0.156. The van der Waals surface area contributed by atoms with Crippen LogP contribution in [-0.4, -0.2) is 23.9 Å². The maximum absolute atomic E-state index is 9.69. The Labute approximate surface area is 87.7 Å². The van der Waals surface area contributed by atoms with Gasteiger partial charge in [0, 0.05) is 5.41 Å². The Morgan fingerprint density at radius 2 is 1.50 bits per heavy atom. The molecule has 0 amide bonds. The van der Waals surface area contributed by atoms with E-state index in [0.717, 1.165) is 38.9 Å². The average Bonchev–Trinajstić information content (AvgIpc) is 2.03. The van der Waals surface area contributed by atoms with Gasteiger partial charge in [-0.15, -0.1) is 0 Å². The highest BCUT2D eigenvalue weighted by molar-refractivity contribution is 4.94. The van der Waals surface area contributed by atoms with Crippen molar-refractivity contribution < 1.29 is 9.84 Å². The summed E-state index contributed by atoms with van der Waals surface area (Å²) >= 11 is 0. The first kappa shape index (κ1) is 12.0. The van der Waals surface area contributed by atoms with Gasteiger partial charge < -0.3 is 9.84 Å². The number of rotatable bonds is 0. The van der Waals surface area contributed by atoms with E-state index >= 15 is 0 Å². The number of ether oxygens (including phenoxy) is 1. The monoisotopic (exact) mass is 200 g/mol. The maximum Gasteiger partial charge on any atom is 0.0620 e. The summed E-state index contributed by atoms with van der Waals surface area (Å²) in [6, 6.07) is 0. The normalized spacial score (nSPS) is 27.4. The molecule has 1 saturated carbocycles. The van der Waals surface area contributed by atoms with Crippen molar-refractivity contribution in [1.82, 2.24) is 0 Å². The minimum atomic E-state index is -0.388. The van der Waals surface area contributed by atoms with E-state index in [9.17, 15) is 5.11 Å². The second-order valence-corrected chi connectivity index (χ2v) is 5.20. The van der Waals surface area contributed by atoms with Crippen molar-refractivity contribution in [3.63, 3.8) is 0 Å². The van der Waals surface area contributed by atoms with Gasteiger partial charge in [-0.05, 0) is 32.6 Å². The molecule has 2 heteroatoms. The molecule has 2 aliphatic rings. The van der Waals surface area contributed by atoms with Gasteiger partial charge in [0.05, 0.1) is 18.8 Å². The van der Waals surface area contributed by atoms with Gasteiger partial charge in [0.2, 0.25) is 0 Å². The maximum atomic E-state index is 9.69. The lowest BCUT2D eigenvalue weighted by Crippen LogP contribution is -2.48. The summed E-state index contributed by atoms with van der Waals surface area (Å²) in [7, 11) is 0. The molecule has 0 radical (unpaired) electrons. The van der Waals surface area contributed by atoms with Crippen LogP contribution in [0.2, 0.25) is 0 Å². The first-order valence-electron chi connectivity index (χ1n) is 5.84. The molecule has 0 aromatic heterocycles. The second kappa shape index (κ2) is 4.63. The summed E-state index contributed by atoms with van der Waals surface area (Å²) in [5.74, 6) is 0. The van der Waals surface area contributed by atoms with E-state index in [1.54, 1.807) is 0 Å². The summed E-state index contributed by atoms with van der Waals surface area (Å²) < 4.78 is 5.20. The van der Waals surface area contributed by atoms with Crippen LogP contribution in [0.15, 0.2) is 0 Å². The third kappa shape index (κ3) is 2.96. The summed E-state index contributed by atoms with van der Waals surface area (Å²) in [6.45, 7) is 8.06. The van der Waals surface area contributed by atoms with Crippen molar-refractivity contribution >= 4 is 0 Å². The molecule has 0 bridgehead atoms. The van der Waals surface area contributed by atoms with Crippen molar-refractivity contribution in [2.75, 3.05) is 13.2 Å². The fourth-order valence-corrected chi connectivity index (χ4v) is 2.00. The van der Waals surface area contributed by atoms with Crippen molar-refractivity contribution in [2.45, 2.75) is 58.5 Å². The molecule has 14 heavy (non-hydrogen) atoms. The fraction of sp³-hybridized carbons (Fsp3) is 1.00. The lowest BCUT2D eigenvalue weighted by Gasteiger charge is -2.48. The molecular formula is C12H24O2. The Morgan fingerprint density at radius 1 is 1.07 bits per heavy atom. The van der Waals surface area contributed by atoms with Gasteiger partial charge in [-0.25, -0.2) is 0 Å². The molecule has 0 atom stereocenters. The third-order valence-electron chi connectivity index (χ3n) is 3.20. The van der Waals surface area contributed by atoms with Gasteiger partial charge in [-0.2, -0.15) is 0 Å². The summed E-state index contributed by atoms with van der Waals surface area (Å²) in [4.78, 5) is 0. The molecule has 2 rings (SSSR count). The van der Waals surface area contributed by atoms with Gasteiger partial charge in [0.25, 0.3) is 0 Å². The highest BCUT2D eigenvalue weighted by atomic mass is 16.5. The van der Waals surface area contributed by atoms with Crippen molar-refractivity contribution in [1.29, 1.82) is 0 Å². The Kier molecular flexibility index (Phi) is 3.96. The zero-order chi connectivity index (χ0) is 10.7. The van der Waals surface area contributed by atoms with E-state index in [4.69, 9.17) is 4.74 Å². The molecule has 0 aromatic rings. The van der Waals surface area contributed by atoms with Crippen molar-refractivity contribution in [3.05, 3.63) is 0 Å². The molecular weight excluding hydrogens is 176 g/mol. The van der Waals surface area contributed by atoms with E-state index < -0.39 is 0 Å². The zero-order valence-electron chi connectivity index (χ0n) is 9.81. The van der Waals surface area contributed by atoms with E-state index in [1.165, 1.54) is 6.42 Å². The molecule has 1 heterocycles. The van der Waals surface area contributed by atoms with Crippen LogP contribution in [0.1, 0.15) is 52.9 Å². The van der Waals surface area contributed by atoms with Crippen molar-refractivity contribution in [3.8, 4) is 0 Å². The SMILES string of the molecule is CC1(O)CCC2(CC1)COC2.CCC. The van der Waals surface area contributed by atoms with Crippen LogP contribution in [0.3, 0.4) is 0 Å². The Hall–Kier alpha value is -0.0800. The molecule has 0 aromatic carbocycles. The molecule has 1 N–H and O–H groups in total. The minimum absolute atomic E-state index is 0.388. The van der Waals surface area contributed by atoms with Crippen LogP contribution in [-0.2, 0) is 4.74 Å². The molecule has 84 valence electrons. The van der Waals surface area contributed by atoms with E-state index in [-0.39, 0.29) is 5.60 Å². The Balaban J connectivity index is 0.000000293. The molecule has 2 fully saturated rings. The molecule has 2 nitrogen and oxygen atoms in total. The molecule has 1 saturated heterocycles. The third-order valence-corrected chi connectivity index (χ3v) is 3.20. The van der Waals surface area contributed by atoms with E-state index in [0.29, 0.717) is 5.41 Å². The predicted molar refractivity (Wildman–Crippen MR) is 58.3 cm³/mol. The highest BCUT2D eigenvalue weighted by Crippen LogP contribution is 2.45. The van der Waals surface area contributed by atoms with Crippen LogP contribution in [0.5, 0.6) is 0 Å². The summed E-state index contributed by atoms with van der Waals surface area (Å²) in [6.07, 6.45) is 5.46. The van der Waals surface area contributed by atoms with Gasteiger partial charge in [0.15, 0.2) is 0 Å². The number of hydrogen-bond donors (Lipinski definition) is 1. The van der Waals surface area contributed by atoms with Gasteiger partial charge in [-0.1, -0.05) is 20.3 Å². The van der Waals surface area contributed by atoms with Crippen molar-refractivity contribution in [2.24, 2.45) is 5.41 Å². The standard InChI is InChI=1S/C9H16O2.C3H8/c1-8(10)2-4-9(5-3-8)6-11-7-9;1-3-2/h10H,2-7H2,1H3;3H2,1-2H3. The Morgan fingerprint density at radius 3 is 1.79 bits per heavy atom. The number of hydrogen-bond acceptors (Lipinski definition) is 2. The fourth-order valence-electron chi connectivity index (χ4n) is 2.00. The first-order chi connectivity index (χ1) is 6.54. The molecule has 1 aliphatic heterocycles. The highest BCUT2D eigenvalue weighted by Gasteiger charge is 2.44. The van der Waals surface area contributed by atoms with Gasteiger partial charge >= 0.3 is 0 Å². The van der Waals surface area contributed by atoms with Crippen LogP contribution >= 0.6 is 0 Å². The lowest BCUT2D eigenvalue weighted by atomic mass is 9.68. The topological polar surface area (TPSA) is 29.5 Å². The average molecular weight is 200 g/mol. The summed E-state index contributed by atoms with van der Waals surface area (Å²) in [5, 5.41) is 9.69. The minimum Gasteiger partial charge on any atom is -0.390 e. The largest absolute Gasteiger partial charge is 0.390 e. The first-order valence-corrected chi connectivity index (χ1v) is 5.84. The van der Waals surface area contributed by atoms with Crippen LogP contribution < -0.4 is 0 Å². The van der Waals surface area contributed by atoms with Gasteiger partial charge in [0.1, 0.15) is 0 Å². The van der Waals surface area contributed by atoms with Gasteiger partial charge in [-0.3, -0.25) is 0 Å². The Bertz CT molecular complexity index is 159. The second-order valence-electron chi connectivity index (χ2n) is 5.20. The molecule has 1 spiro atoms. The zero-order valence-corrected chi connectivity index (χ0v) is 9.81. The van der Waals surface area contributed by atoms with Crippen LogP contribution in [0.4, 0.5) is 0 Å². The molecule has 1 aliphatic carbocycles. The summed E-state index contributed by atoms with van der Waals surface area (Å²) in [5.41, 5.74) is 0.0864. The quantitative estimate of drug-likeness (QED) is 0.651. The predicted octanol–water partition coefficient (Wildman–Crippen LogP) is 2.74.